The summed E-state index contributed by atoms with van der Waals surface area (Å²) in [6.07, 6.45) is 24.6. The lowest BCUT2D eigenvalue weighted by Gasteiger charge is -1.97. The molecule has 0 spiro atoms. The van der Waals surface area contributed by atoms with E-state index in [1.165, 1.54) is 38.5 Å². The van der Waals surface area contributed by atoms with Crippen LogP contribution in [0.25, 0.3) is 0 Å². The van der Waals surface area contributed by atoms with E-state index in [2.05, 4.69) is 50.3 Å². The molecule has 0 aliphatic carbocycles. The van der Waals surface area contributed by atoms with Gasteiger partial charge in [0.25, 0.3) is 0 Å². The van der Waals surface area contributed by atoms with Gasteiger partial charge in [-0.15, -0.1) is 0 Å². The lowest BCUT2D eigenvalue weighted by atomic mass is 10.1. The molecule has 0 amide bonds. The van der Waals surface area contributed by atoms with Crippen LogP contribution in [-0.4, -0.2) is 0 Å². The number of hydrogen-bond acceptors (Lipinski definition) is 0. The summed E-state index contributed by atoms with van der Waals surface area (Å²) >= 11 is 0. The van der Waals surface area contributed by atoms with Crippen LogP contribution in [0.2, 0.25) is 0 Å². The van der Waals surface area contributed by atoms with Crippen molar-refractivity contribution in [2.75, 3.05) is 0 Å². The van der Waals surface area contributed by atoms with Gasteiger partial charge in [0.05, 0.1) is 0 Å². The van der Waals surface area contributed by atoms with Crippen molar-refractivity contribution in [2.45, 2.75) is 64.7 Å². The second-order valence-corrected chi connectivity index (χ2v) is 4.39. The first-order valence-corrected chi connectivity index (χ1v) is 7.12. The summed E-state index contributed by atoms with van der Waals surface area (Å²) in [5.41, 5.74) is 0. The molecule has 0 fully saturated rings. The topological polar surface area (TPSA) is 0 Å². The molecule has 97 valence electrons. The number of rotatable bonds is 11. The lowest BCUT2D eigenvalue weighted by Crippen LogP contribution is -1.77. The van der Waals surface area contributed by atoms with Crippen molar-refractivity contribution in [3.8, 4) is 0 Å². The van der Waals surface area contributed by atoms with Crippen LogP contribution < -0.4 is 0 Å². The molecule has 0 unspecified atom stereocenters. The molecule has 0 saturated heterocycles. The molecule has 0 atom stereocenters. The van der Waals surface area contributed by atoms with Crippen LogP contribution in [0.5, 0.6) is 0 Å². The summed E-state index contributed by atoms with van der Waals surface area (Å²) in [4.78, 5) is 0. The summed E-state index contributed by atoms with van der Waals surface area (Å²) in [5, 5.41) is 0. The Morgan fingerprint density at radius 2 is 1.29 bits per heavy atom. The molecule has 0 nitrogen and oxygen atoms in total. The third kappa shape index (κ3) is 15.2. The van der Waals surface area contributed by atoms with E-state index < -0.39 is 0 Å². The largest absolute Gasteiger partial charge is 0.0914 e. The summed E-state index contributed by atoms with van der Waals surface area (Å²) in [6, 6.07) is 0. The zero-order valence-electron chi connectivity index (χ0n) is 11.5. The van der Waals surface area contributed by atoms with Gasteiger partial charge in [-0.1, -0.05) is 75.5 Å². The molecule has 0 aliphatic heterocycles. The molecule has 0 N–H and O–H groups in total. The minimum Gasteiger partial charge on any atom is -0.0914 e. The molecule has 0 aromatic rings. The highest BCUT2D eigenvalue weighted by atomic mass is 13.9. The first-order valence-electron chi connectivity index (χ1n) is 7.12. The van der Waals surface area contributed by atoms with E-state index in [1.807, 2.05) is 0 Å². The first-order chi connectivity index (χ1) is 8.41. The molecule has 0 aromatic carbocycles. The van der Waals surface area contributed by atoms with Gasteiger partial charge in [-0.2, -0.15) is 0 Å². The molecule has 17 heavy (non-hydrogen) atoms. The van der Waals surface area contributed by atoms with Gasteiger partial charge >= 0.3 is 0 Å². The summed E-state index contributed by atoms with van der Waals surface area (Å²) in [6.45, 7) is 5.92. The van der Waals surface area contributed by atoms with Crippen molar-refractivity contribution < 1.29 is 0 Å². The van der Waals surface area contributed by atoms with Gasteiger partial charge in [0, 0.05) is 0 Å². The van der Waals surface area contributed by atoms with Gasteiger partial charge in [0.2, 0.25) is 0 Å². The maximum Gasteiger partial charge on any atom is -0.0169 e. The maximum absolute atomic E-state index is 3.86. The molecule has 0 aromatic heterocycles. The SMILES string of the molecule is [CH2]CCCCCCCC=CCC=CCC=CC. The van der Waals surface area contributed by atoms with Crippen LogP contribution in [0.15, 0.2) is 36.5 Å². The zero-order valence-corrected chi connectivity index (χ0v) is 11.5. The Hall–Kier alpha value is -0.780. The van der Waals surface area contributed by atoms with Crippen LogP contribution in [-0.2, 0) is 0 Å². The molecule has 0 bridgehead atoms. The van der Waals surface area contributed by atoms with Gasteiger partial charge in [-0.05, 0) is 32.6 Å². The molecular formula is C17H29. The van der Waals surface area contributed by atoms with E-state index in [4.69, 9.17) is 0 Å². The Kier molecular flexibility index (Phi) is 14.5. The van der Waals surface area contributed by atoms with E-state index in [-0.39, 0.29) is 0 Å². The Morgan fingerprint density at radius 1 is 0.706 bits per heavy atom. The third-order valence-corrected chi connectivity index (χ3v) is 2.73. The highest BCUT2D eigenvalue weighted by Crippen LogP contribution is 2.07. The smallest absolute Gasteiger partial charge is 0.0169 e. The van der Waals surface area contributed by atoms with Crippen molar-refractivity contribution in [1.29, 1.82) is 0 Å². The lowest BCUT2D eigenvalue weighted by molar-refractivity contribution is 0.621. The highest BCUT2D eigenvalue weighted by Gasteiger charge is 1.87. The number of hydrogen-bond donors (Lipinski definition) is 0. The van der Waals surface area contributed by atoms with Gasteiger partial charge in [0.15, 0.2) is 0 Å². The molecule has 0 saturated carbocycles. The Labute approximate surface area is 109 Å². The fourth-order valence-electron chi connectivity index (χ4n) is 1.67. The minimum absolute atomic E-state index is 1.07. The Morgan fingerprint density at radius 3 is 2.00 bits per heavy atom. The van der Waals surface area contributed by atoms with E-state index in [1.54, 1.807) is 0 Å². The van der Waals surface area contributed by atoms with Gasteiger partial charge in [-0.25, -0.2) is 0 Å². The van der Waals surface area contributed by atoms with Gasteiger partial charge in [-0.3, -0.25) is 0 Å². The predicted molar refractivity (Wildman–Crippen MR) is 80.0 cm³/mol. The van der Waals surface area contributed by atoms with Crippen LogP contribution in [0.3, 0.4) is 0 Å². The second-order valence-electron chi connectivity index (χ2n) is 4.39. The fourth-order valence-corrected chi connectivity index (χ4v) is 1.67. The normalized spacial score (nSPS) is 12.4. The summed E-state index contributed by atoms with van der Waals surface area (Å²) in [5.74, 6) is 0. The molecule has 1 radical (unpaired) electrons. The van der Waals surface area contributed by atoms with Gasteiger partial charge in [0.1, 0.15) is 0 Å². The van der Waals surface area contributed by atoms with Crippen molar-refractivity contribution in [2.24, 2.45) is 0 Å². The Bertz CT molecular complexity index is 208. The van der Waals surface area contributed by atoms with Crippen LogP contribution in [0.4, 0.5) is 0 Å². The van der Waals surface area contributed by atoms with E-state index >= 15 is 0 Å². The zero-order chi connectivity index (χ0) is 12.6. The molecule has 0 heterocycles. The van der Waals surface area contributed by atoms with Gasteiger partial charge < -0.3 is 0 Å². The fraction of sp³-hybridized carbons (Fsp3) is 0.588. The standard InChI is InChI=1S/C17H29/c1-3-5-7-9-11-13-15-17-16-14-12-10-8-6-4-2/h4,6,10,12,16-17H,1,3,5,7-9,11,13-15H2,2H3. The number of unbranched alkanes of at least 4 members (excludes halogenated alkanes) is 6. The van der Waals surface area contributed by atoms with Crippen LogP contribution in [0.1, 0.15) is 64.7 Å². The Balaban J connectivity index is 3.17. The van der Waals surface area contributed by atoms with Crippen molar-refractivity contribution in [3.63, 3.8) is 0 Å². The van der Waals surface area contributed by atoms with Crippen molar-refractivity contribution in [3.05, 3.63) is 43.4 Å². The predicted octanol–water partition coefficient (Wildman–Crippen LogP) is 6.02. The van der Waals surface area contributed by atoms with E-state index in [9.17, 15) is 0 Å². The third-order valence-electron chi connectivity index (χ3n) is 2.73. The average molecular weight is 233 g/mol. The van der Waals surface area contributed by atoms with Crippen LogP contribution >= 0.6 is 0 Å². The minimum atomic E-state index is 1.07. The molecule has 0 aliphatic rings. The van der Waals surface area contributed by atoms with Crippen LogP contribution in [0, 0.1) is 6.92 Å². The molecule has 0 heteroatoms. The maximum atomic E-state index is 3.86. The average Bonchev–Trinajstić information content (AvgIpc) is 2.35. The van der Waals surface area contributed by atoms with Crippen molar-refractivity contribution in [1.82, 2.24) is 0 Å². The van der Waals surface area contributed by atoms with Crippen molar-refractivity contribution >= 4 is 0 Å². The number of allylic oxidation sites excluding steroid dienone is 6. The summed E-state index contributed by atoms with van der Waals surface area (Å²) in [7, 11) is 0. The molecule has 0 rings (SSSR count). The summed E-state index contributed by atoms with van der Waals surface area (Å²) < 4.78 is 0. The second kappa shape index (κ2) is 15.2. The van der Waals surface area contributed by atoms with E-state index in [0.717, 1.165) is 19.3 Å². The first kappa shape index (κ1) is 16.2. The highest BCUT2D eigenvalue weighted by molar-refractivity contribution is 4.96. The quantitative estimate of drug-likeness (QED) is 0.302. The van der Waals surface area contributed by atoms with E-state index in [0.29, 0.717) is 0 Å². The monoisotopic (exact) mass is 233 g/mol. The molecular weight excluding hydrogens is 204 g/mol.